The van der Waals surface area contributed by atoms with Gasteiger partial charge >= 0.3 is 0 Å². The van der Waals surface area contributed by atoms with Gasteiger partial charge in [-0.3, -0.25) is 9.78 Å². The Morgan fingerprint density at radius 1 is 1.42 bits per heavy atom. The van der Waals surface area contributed by atoms with Crippen molar-refractivity contribution in [3.05, 3.63) is 55.9 Å². The van der Waals surface area contributed by atoms with E-state index in [1.807, 2.05) is 23.5 Å². The Hall–Kier alpha value is -1.59. The summed E-state index contributed by atoms with van der Waals surface area (Å²) in [6, 6.07) is 3.86. The molecule has 0 saturated carbocycles. The lowest BCUT2D eigenvalue weighted by Gasteiger charge is -2.19. The highest BCUT2D eigenvalue weighted by molar-refractivity contribution is 8.03. The third-order valence-electron chi connectivity index (χ3n) is 4.69. The topological polar surface area (TPSA) is 42.0 Å². The fourth-order valence-corrected chi connectivity index (χ4v) is 6.00. The number of fused-ring (bicyclic) bond motifs is 3. The van der Waals surface area contributed by atoms with E-state index < -0.39 is 0 Å². The van der Waals surface area contributed by atoms with Crippen LogP contribution in [0.5, 0.6) is 0 Å². The van der Waals surface area contributed by atoms with Crippen molar-refractivity contribution in [1.29, 1.82) is 0 Å². The minimum Gasteiger partial charge on any atom is -0.347 e. The predicted octanol–water partition coefficient (Wildman–Crippen LogP) is 4.17. The number of pyridine rings is 1. The van der Waals surface area contributed by atoms with Crippen LogP contribution in [0.2, 0.25) is 0 Å². The summed E-state index contributed by atoms with van der Waals surface area (Å²) in [6.07, 6.45) is 9.33. The van der Waals surface area contributed by atoms with Crippen molar-refractivity contribution in [2.45, 2.75) is 38.5 Å². The van der Waals surface area contributed by atoms with Gasteiger partial charge in [-0.2, -0.15) is 0 Å². The maximum Gasteiger partial charge on any atom is 0.258 e. The van der Waals surface area contributed by atoms with Gasteiger partial charge in [0.05, 0.1) is 4.91 Å². The molecule has 0 saturated heterocycles. The molecule has 0 spiro atoms. The summed E-state index contributed by atoms with van der Waals surface area (Å²) in [7, 11) is 0. The molecular formula is C19H20N2OS2. The van der Waals surface area contributed by atoms with Crippen molar-refractivity contribution >= 4 is 35.1 Å². The third-order valence-corrected chi connectivity index (χ3v) is 6.98. The fraction of sp³-hybridized carbons (Fsp3) is 0.368. The van der Waals surface area contributed by atoms with Crippen LogP contribution in [0.4, 0.5) is 0 Å². The zero-order valence-electron chi connectivity index (χ0n) is 13.7. The molecule has 4 rings (SSSR count). The van der Waals surface area contributed by atoms with Crippen LogP contribution in [0.3, 0.4) is 0 Å². The van der Waals surface area contributed by atoms with Crippen LogP contribution in [0.25, 0.3) is 6.08 Å². The second-order valence-electron chi connectivity index (χ2n) is 6.54. The zero-order valence-corrected chi connectivity index (χ0v) is 15.3. The molecule has 1 aliphatic heterocycles. The molecule has 124 valence electrons. The van der Waals surface area contributed by atoms with Gasteiger partial charge in [0.2, 0.25) is 0 Å². The van der Waals surface area contributed by atoms with Gasteiger partial charge < -0.3 is 5.32 Å². The Labute approximate surface area is 150 Å². The quantitative estimate of drug-likeness (QED) is 0.897. The molecule has 3 heterocycles. The van der Waals surface area contributed by atoms with Gasteiger partial charge in [-0.05, 0) is 54.0 Å². The normalized spacial score (nSPS) is 19.2. The van der Waals surface area contributed by atoms with E-state index in [1.165, 1.54) is 29.7 Å². The van der Waals surface area contributed by atoms with E-state index >= 15 is 0 Å². The Balaban J connectivity index is 1.49. The number of thioether (sulfide) groups is 1. The second kappa shape index (κ2) is 6.73. The number of carbonyl (C=O) groups excluding carboxylic acids is 1. The Morgan fingerprint density at radius 2 is 2.33 bits per heavy atom. The Morgan fingerprint density at radius 3 is 3.17 bits per heavy atom. The highest BCUT2D eigenvalue weighted by Gasteiger charge is 2.26. The molecule has 1 atom stereocenters. The standard InChI is InChI=1S/C19H20N2OS2/c1-12-4-5-14-15-11-23-18(8-17(15)24-16(14)7-12)19(22)21-10-13-3-2-6-20-9-13/h2-3,6,8-9,12H,4-5,7,10-11H2,1H3,(H,21,22). The van der Waals surface area contributed by atoms with Gasteiger partial charge in [-0.15, -0.1) is 23.1 Å². The number of carbonyl (C=O) groups is 1. The summed E-state index contributed by atoms with van der Waals surface area (Å²) in [5.41, 5.74) is 4.08. The van der Waals surface area contributed by atoms with E-state index in [9.17, 15) is 4.79 Å². The summed E-state index contributed by atoms with van der Waals surface area (Å²) in [6.45, 7) is 2.86. The fourth-order valence-electron chi connectivity index (χ4n) is 3.33. The van der Waals surface area contributed by atoms with E-state index in [4.69, 9.17) is 0 Å². The monoisotopic (exact) mass is 356 g/mol. The maximum absolute atomic E-state index is 12.5. The van der Waals surface area contributed by atoms with Gasteiger partial charge in [0.15, 0.2) is 0 Å². The lowest BCUT2D eigenvalue weighted by atomic mass is 9.88. The first-order valence-corrected chi connectivity index (χ1v) is 10.2. The van der Waals surface area contributed by atoms with Gasteiger partial charge in [0, 0.05) is 34.4 Å². The summed E-state index contributed by atoms with van der Waals surface area (Å²) < 4.78 is 0. The number of nitrogens with zero attached hydrogens (tertiary/aromatic N) is 1. The molecule has 3 nitrogen and oxygen atoms in total. The van der Waals surface area contributed by atoms with E-state index in [-0.39, 0.29) is 5.91 Å². The minimum absolute atomic E-state index is 0.0224. The smallest absolute Gasteiger partial charge is 0.258 e. The van der Waals surface area contributed by atoms with E-state index in [0.29, 0.717) is 6.54 Å². The summed E-state index contributed by atoms with van der Waals surface area (Å²) >= 11 is 3.56. The molecule has 0 radical (unpaired) electrons. The molecule has 0 bridgehead atoms. The van der Waals surface area contributed by atoms with Gasteiger partial charge in [-0.25, -0.2) is 0 Å². The van der Waals surface area contributed by atoms with Crippen molar-refractivity contribution in [2.24, 2.45) is 5.92 Å². The maximum atomic E-state index is 12.5. The Kier molecular flexibility index (Phi) is 4.46. The van der Waals surface area contributed by atoms with Crippen LogP contribution >= 0.6 is 23.1 Å². The number of rotatable bonds is 3. The summed E-state index contributed by atoms with van der Waals surface area (Å²) in [5.74, 6) is 1.74. The first-order valence-electron chi connectivity index (χ1n) is 8.35. The number of nitrogens with one attached hydrogen (secondary N) is 1. The highest BCUT2D eigenvalue weighted by atomic mass is 32.2. The van der Waals surface area contributed by atoms with E-state index in [0.717, 1.165) is 22.1 Å². The molecule has 0 fully saturated rings. The van der Waals surface area contributed by atoms with Gasteiger partial charge in [-0.1, -0.05) is 13.0 Å². The lowest BCUT2D eigenvalue weighted by Crippen LogP contribution is -2.24. The average Bonchev–Trinajstić information content (AvgIpc) is 2.97. The number of amides is 1. The number of aromatic nitrogens is 1. The molecule has 2 aromatic rings. The van der Waals surface area contributed by atoms with Crippen molar-refractivity contribution in [1.82, 2.24) is 10.3 Å². The zero-order chi connectivity index (χ0) is 16.5. The summed E-state index contributed by atoms with van der Waals surface area (Å²) in [5, 5.41) is 3.00. The molecule has 2 aliphatic rings. The number of hydrogen-bond donors (Lipinski definition) is 1. The second-order valence-corrected chi connectivity index (χ2v) is 8.69. The number of hydrogen-bond acceptors (Lipinski definition) is 4. The molecule has 1 unspecified atom stereocenters. The van der Waals surface area contributed by atoms with Crippen LogP contribution in [0.1, 0.15) is 39.8 Å². The molecule has 1 amide bonds. The molecular weight excluding hydrogens is 336 g/mol. The van der Waals surface area contributed by atoms with Crippen molar-refractivity contribution in [2.75, 3.05) is 0 Å². The van der Waals surface area contributed by atoms with Crippen molar-refractivity contribution in [3.8, 4) is 0 Å². The van der Waals surface area contributed by atoms with Gasteiger partial charge in [0.25, 0.3) is 5.91 Å². The van der Waals surface area contributed by atoms with Crippen LogP contribution < -0.4 is 5.32 Å². The minimum atomic E-state index is 0.0224. The first-order chi connectivity index (χ1) is 11.7. The molecule has 0 aromatic carbocycles. The van der Waals surface area contributed by atoms with E-state index in [1.54, 1.807) is 34.6 Å². The van der Waals surface area contributed by atoms with Crippen molar-refractivity contribution < 1.29 is 4.79 Å². The van der Waals surface area contributed by atoms with E-state index in [2.05, 4.69) is 23.3 Å². The SMILES string of the molecule is CC1CCc2c(sc3c2CSC(C(=O)NCc2cccnc2)=C3)C1. The third kappa shape index (κ3) is 3.15. The predicted molar refractivity (Wildman–Crippen MR) is 101 cm³/mol. The molecule has 24 heavy (non-hydrogen) atoms. The van der Waals surface area contributed by atoms with Crippen LogP contribution in [0, 0.1) is 5.92 Å². The molecule has 5 heteroatoms. The molecule has 2 aromatic heterocycles. The van der Waals surface area contributed by atoms with Crippen LogP contribution in [0.15, 0.2) is 29.4 Å². The van der Waals surface area contributed by atoms with Crippen LogP contribution in [-0.4, -0.2) is 10.9 Å². The Bertz CT molecular complexity index is 795. The molecule has 1 N–H and O–H groups in total. The van der Waals surface area contributed by atoms with Crippen molar-refractivity contribution in [3.63, 3.8) is 0 Å². The first kappa shape index (κ1) is 15.9. The molecule has 1 aliphatic carbocycles. The lowest BCUT2D eigenvalue weighted by molar-refractivity contribution is -0.116. The van der Waals surface area contributed by atoms with Crippen LogP contribution in [-0.2, 0) is 29.9 Å². The van der Waals surface area contributed by atoms with Gasteiger partial charge in [0.1, 0.15) is 0 Å². The largest absolute Gasteiger partial charge is 0.347 e. The average molecular weight is 357 g/mol. The number of thiophene rings is 1. The highest BCUT2D eigenvalue weighted by Crippen LogP contribution is 2.43. The summed E-state index contributed by atoms with van der Waals surface area (Å²) in [4.78, 5) is 20.2.